The number of thiazole rings is 1. The minimum atomic E-state index is -0.425. The zero-order valence-electron chi connectivity index (χ0n) is 10.1. The Morgan fingerprint density at radius 1 is 1.47 bits per heavy atom. The molecule has 0 spiro atoms. The predicted octanol–water partition coefficient (Wildman–Crippen LogP) is 2.58. The van der Waals surface area contributed by atoms with Crippen LogP contribution in [0.25, 0.3) is 16.3 Å². The molecule has 3 rings (SSSR count). The van der Waals surface area contributed by atoms with E-state index >= 15 is 0 Å². The first-order valence-electron chi connectivity index (χ1n) is 5.71. The number of benzene rings is 1. The molecule has 19 heavy (non-hydrogen) atoms. The minimum Gasteiger partial charge on any atom is -0.491 e. The molecule has 0 aliphatic carbocycles. The van der Waals surface area contributed by atoms with Gasteiger partial charge in [0.2, 0.25) is 4.96 Å². The Morgan fingerprint density at radius 2 is 2.32 bits per heavy atom. The second kappa shape index (κ2) is 4.51. The van der Waals surface area contributed by atoms with Gasteiger partial charge in [0.1, 0.15) is 5.82 Å². The van der Waals surface area contributed by atoms with E-state index in [1.165, 1.54) is 21.9 Å². The molecule has 0 atom stereocenters. The fourth-order valence-corrected chi connectivity index (χ4v) is 2.45. The highest BCUT2D eigenvalue weighted by atomic mass is 32.1. The Labute approximate surface area is 112 Å². The van der Waals surface area contributed by atoms with Crippen LogP contribution >= 0.6 is 11.3 Å². The van der Waals surface area contributed by atoms with Crippen LogP contribution in [-0.2, 0) is 0 Å². The molecule has 5 nitrogen and oxygen atoms in total. The van der Waals surface area contributed by atoms with Crippen molar-refractivity contribution in [3.8, 4) is 17.1 Å². The lowest BCUT2D eigenvalue weighted by atomic mass is 10.2. The first-order chi connectivity index (χ1) is 9.19. The van der Waals surface area contributed by atoms with Crippen LogP contribution in [0.5, 0.6) is 5.75 Å². The van der Waals surface area contributed by atoms with Gasteiger partial charge in [0, 0.05) is 10.9 Å². The highest BCUT2D eigenvalue weighted by molar-refractivity contribution is 7.15. The maximum atomic E-state index is 13.8. The summed E-state index contributed by atoms with van der Waals surface area (Å²) >= 11 is 1.39. The van der Waals surface area contributed by atoms with E-state index in [-0.39, 0.29) is 5.75 Å². The Bertz CT molecular complexity index is 736. The average molecular weight is 278 g/mol. The summed E-state index contributed by atoms with van der Waals surface area (Å²) < 4.78 is 20.5. The molecule has 98 valence electrons. The van der Waals surface area contributed by atoms with Gasteiger partial charge < -0.3 is 10.5 Å². The van der Waals surface area contributed by atoms with Crippen LogP contribution in [0.4, 0.5) is 10.2 Å². The molecule has 0 unspecified atom stereocenters. The summed E-state index contributed by atoms with van der Waals surface area (Å²) in [6.07, 6.45) is 0. The van der Waals surface area contributed by atoms with Crippen molar-refractivity contribution in [1.82, 2.24) is 14.6 Å². The smallest absolute Gasteiger partial charge is 0.214 e. The lowest BCUT2D eigenvalue weighted by Crippen LogP contribution is -1.95. The Hall–Kier alpha value is -2.15. The number of aromatic nitrogens is 3. The molecule has 2 aromatic heterocycles. The first kappa shape index (κ1) is 11.9. The van der Waals surface area contributed by atoms with Crippen molar-refractivity contribution in [3.05, 3.63) is 29.4 Å². The van der Waals surface area contributed by atoms with Gasteiger partial charge in [-0.1, -0.05) is 0 Å². The van der Waals surface area contributed by atoms with Crippen molar-refractivity contribution in [2.24, 2.45) is 0 Å². The standard InChI is InChI=1S/C12H11FN4OS/c1-2-18-9-4-3-7(5-8(9)13)11-15-12-17(16-11)10(14)6-19-12/h3-6H,2,14H2,1H3. The highest BCUT2D eigenvalue weighted by Gasteiger charge is 2.12. The molecule has 1 aromatic carbocycles. The number of hydrogen-bond acceptors (Lipinski definition) is 5. The number of halogens is 1. The average Bonchev–Trinajstić information content (AvgIpc) is 2.95. The number of nitrogen functional groups attached to an aromatic ring is 1. The summed E-state index contributed by atoms with van der Waals surface area (Å²) in [6, 6.07) is 4.66. The molecule has 0 radical (unpaired) electrons. The van der Waals surface area contributed by atoms with Gasteiger partial charge >= 0.3 is 0 Å². The fourth-order valence-electron chi connectivity index (χ4n) is 1.74. The quantitative estimate of drug-likeness (QED) is 0.799. The largest absolute Gasteiger partial charge is 0.491 e. The minimum absolute atomic E-state index is 0.229. The van der Waals surface area contributed by atoms with Gasteiger partial charge in [-0.25, -0.2) is 4.39 Å². The van der Waals surface area contributed by atoms with Crippen LogP contribution in [0.1, 0.15) is 6.92 Å². The van der Waals surface area contributed by atoms with E-state index in [1.54, 1.807) is 24.4 Å². The van der Waals surface area contributed by atoms with E-state index in [0.29, 0.717) is 28.8 Å². The highest BCUT2D eigenvalue weighted by Crippen LogP contribution is 2.25. The van der Waals surface area contributed by atoms with Crippen molar-refractivity contribution in [2.45, 2.75) is 6.92 Å². The molecule has 3 aromatic rings. The van der Waals surface area contributed by atoms with Crippen LogP contribution in [0.2, 0.25) is 0 Å². The molecule has 2 N–H and O–H groups in total. The van der Waals surface area contributed by atoms with Gasteiger partial charge in [-0.3, -0.25) is 0 Å². The molecule has 0 aliphatic heterocycles. The fraction of sp³-hybridized carbons (Fsp3) is 0.167. The van der Waals surface area contributed by atoms with Gasteiger partial charge in [-0.15, -0.1) is 16.4 Å². The Morgan fingerprint density at radius 3 is 3.00 bits per heavy atom. The van der Waals surface area contributed by atoms with Gasteiger partial charge in [-0.05, 0) is 25.1 Å². The molecule has 0 saturated heterocycles. The molecule has 0 saturated carbocycles. The van der Waals surface area contributed by atoms with E-state index in [0.717, 1.165) is 0 Å². The lowest BCUT2D eigenvalue weighted by molar-refractivity contribution is 0.321. The van der Waals surface area contributed by atoms with E-state index in [9.17, 15) is 4.39 Å². The summed E-state index contributed by atoms with van der Waals surface area (Å²) in [4.78, 5) is 4.99. The van der Waals surface area contributed by atoms with E-state index in [4.69, 9.17) is 10.5 Å². The van der Waals surface area contributed by atoms with Crippen LogP contribution in [0, 0.1) is 5.82 Å². The van der Waals surface area contributed by atoms with Gasteiger partial charge in [0.05, 0.1) is 6.61 Å². The third-order valence-electron chi connectivity index (χ3n) is 2.60. The van der Waals surface area contributed by atoms with Gasteiger partial charge in [0.15, 0.2) is 17.4 Å². The Balaban J connectivity index is 2.03. The first-order valence-corrected chi connectivity index (χ1v) is 6.59. The number of ether oxygens (including phenoxy) is 1. The predicted molar refractivity (Wildman–Crippen MR) is 71.8 cm³/mol. The molecular weight excluding hydrogens is 267 g/mol. The molecule has 7 heteroatoms. The normalized spacial score (nSPS) is 11.1. The number of nitrogens with zero attached hydrogens (tertiary/aromatic N) is 3. The molecule has 0 bridgehead atoms. The summed E-state index contributed by atoms with van der Waals surface area (Å²) in [5, 5.41) is 6.00. The van der Waals surface area contributed by atoms with Crippen LogP contribution < -0.4 is 10.5 Å². The molecule has 0 aliphatic rings. The van der Waals surface area contributed by atoms with Gasteiger partial charge in [0.25, 0.3) is 0 Å². The molecule has 0 fully saturated rings. The van der Waals surface area contributed by atoms with Crippen LogP contribution in [0.3, 0.4) is 0 Å². The van der Waals surface area contributed by atoms with Gasteiger partial charge in [-0.2, -0.15) is 9.50 Å². The number of hydrogen-bond donors (Lipinski definition) is 1. The van der Waals surface area contributed by atoms with Crippen molar-refractivity contribution < 1.29 is 9.13 Å². The van der Waals surface area contributed by atoms with Crippen molar-refractivity contribution in [2.75, 3.05) is 12.3 Å². The third-order valence-corrected chi connectivity index (χ3v) is 3.43. The summed E-state index contributed by atoms with van der Waals surface area (Å²) in [6.45, 7) is 2.23. The van der Waals surface area contributed by atoms with Crippen molar-refractivity contribution in [1.29, 1.82) is 0 Å². The Kier molecular flexibility index (Phi) is 2.83. The van der Waals surface area contributed by atoms with Crippen molar-refractivity contribution >= 4 is 22.1 Å². The third kappa shape index (κ3) is 2.01. The van der Waals surface area contributed by atoms with E-state index < -0.39 is 5.82 Å². The summed E-state index contributed by atoms with van der Waals surface area (Å²) in [5.41, 5.74) is 6.33. The maximum Gasteiger partial charge on any atom is 0.214 e. The zero-order valence-corrected chi connectivity index (χ0v) is 10.9. The van der Waals surface area contributed by atoms with Crippen LogP contribution in [-0.4, -0.2) is 21.2 Å². The molecular formula is C12H11FN4OS. The number of nitrogens with two attached hydrogens (primary N) is 1. The monoisotopic (exact) mass is 278 g/mol. The summed E-state index contributed by atoms with van der Waals surface area (Å²) in [5.74, 6) is 0.767. The molecule has 0 amide bonds. The maximum absolute atomic E-state index is 13.8. The van der Waals surface area contributed by atoms with Crippen molar-refractivity contribution in [3.63, 3.8) is 0 Å². The van der Waals surface area contributed by atoms with E-state index in [1.807, 2.05) is 0 Å². The van der Waals surface area contributed by atoms with E-state index in [2.05, 4.69) is 10.1 Å². The van der Waals surface area contributed by atoms with Crippen LogP contribution in [0.15, 0.2) is 23.6 Å². The topological polar surface area (TPSA) is 65.4 Å². The second-order valence-corrected chi connectivity index (χ2v) is 4.71. The SMILES string of the molecule is CCOc1ccc(-c2nc3scc(N)n3n2)cc1F. The zero-order chi connectivity index (χ0) is 13.4. The number of anilines is 1. The second-order valence-electron chi connectivity index (χ2n) is 3.87. The number of fused-ring (bicyclic) bond motifs is 1. The lowest BCUT2D eigenvalue weighted by Gasteiger charge is -2.04. The molecule has 2 heterocycles. The summed E-state index contributed by atoms with van der Waals surface area (Å²) in [7, 11) is 0. The number of rotatable bonds is 3.